The van der Waals surface area contributed by atoms with Crippen LogP contribution in [0.3, 0.4) is 0 Å². The fourth-order valence-corrected chi connectivity index (χ4v) is 2.48. The lowest BCUT2D eigenvalue weighted by atomic mass is 10.3. The van der Waals surface area contributed by atoms with Gasteiger partial charge in [0, 0.05) is 8.95 Å². The molecular weight excluding hydrogens is 358 g/mol. The van der Waals surface area contributed by atoms with Gasteiger partial charge >= 0.3 is 0 Å². The molecule has 0 aliphatic carbocycles. The standard InChI is InChI=1S/C13H9Br2N3/c14-8-5-6-11-12(7-8)18-13(17-11)16-10-4-2-1-3-9(10)15/h1-7H,(H2,16,17,18). The molecule has 18 heavy (non-hydrogen) atoms. The minimum Gasteiger partial charge on any atom is -0.325 e. The molecule has 2 aromatic carbocycles. The van der Waals surface area contributed by atoms with E-state index in [1.54, 1.807) is 0 Å². The second-order valence-electron chi connectivity index (χ2n) is 3.85. The van der Waals surface area contributed by atoms with E-state index in [-0.39, 0.29) is 0 Å². The first-order valence-corrected chi connectivity index (χ1v) is 6.98. The maximum atomic E-state index is 4.48. The normalized spacial score (nSPS) is 10.8. The van der Waals surface area contributed by atoms with Gasteiger partial charge in [0.2, 0.25) is 5.95 Å². The fourth-order valence-electron chi connectivity index (χ4n) is 1.73. The molecule has 0 radical (unpaired) electrons. The third-order valence-electron chi connectivity index (χ3n) is 2.57. The predicted molar refractivity (Wildman–Crippen MR) is 81.2 cm³/mol. The topological polar surface area (TPSA) is 40.7 Å². The van der Waals surface area contributed by atoms with Gasteiger partial charge in [0.15, 0.2) is 0 Å². The molecule has 0 bridgehead atoms. The number of hydrogen-bond donors (Lipinski definition) is 2. The first kappa shape index (κ1) is 11.7. The molecule has 0 spiro atoms. The second kappa shape index (κ2) is 4.74. The van der Waals surface area contributed by atoms with Crippen LogP contribution in [-0.2, 0) is 0 Å². The summed E-state index contributed by atoms with van der Waals surface area (Å²) in [5, 5.41) is 3.25. The van der Waals surface area contributed by atoms with Crippen molar-refractivity contribution >= 4 is 54.5 Å². The van der Waals surface area contributed by atoms with Gasteiger partial charge in [0.25, 0.3) is 0 Å². The number of benzene rings is 2. The van der Waals surface area contributed by atoms with Gasteiger partial charge < -0.3 is 10.3 Å². The fraction of sp³-hybridized carbons (Fsp3) is 0. The van der Waals surface area contributed by atoms with Crippen LogP contribution in [0.4, 0.5) is 11.6 Å². The van der Waals surface area contributed by atoms with Crippen molar-refractivity contribution in [1.82, 2.24) is 9.97 Å². The third kappa shape index (κ3) is 2.28. The molecule has 0 fully saturated rings. The van der Waals surface area contributed by atoms with E-state index >= 15 is 0 Å². The lowest BCUT2D eigenvalue weighted by Gasteiger charge is -2.04. The van der Waals surface area contributed by atoms with Crippen LogP contribution in [0.2, 0.25) is 0 Å². The summed E-state index contributed by atoms with van der Waals surface area (Å²) in [7, 11) is 0. The summed E-state index contributed by atoms with van der Waals surface area (Å²) >= 11 is 6.94. The van der Waals surface area contributed by atoms with E-state index in [1.807, 2.05) is 42.5 Å². The smallest absolute Gasteiger partial charge is 0.205 e. The first-order chi connectivity index (χ1) is 8.72. The number of hydrogen-bond acceptors (Lipinski definition) is 2. The van der Waals surface area contributed by atoms with E-state index in [4.69, 9.17) is 0 Å². The SMILES string of the molecule is Brc1ccc2nc(Nc3ccccc3Br)[nH]c2c1. The second-order valence-corrected chi connectivity index (χ2v) is 5.62. The Morgan fingerprint density at radius 3 is 2.72 bits per heavy atom. The Bertz CT molecular complexity index is 706. The van der Waals surface area contributed by atoms with Crippen molar-refractivity contribution in [2.24, 2.45) is 0 Å². The van der Waals surface area contributed by atoms with Gasteiger partial charge in [-0.05, 0) is 46.3 Å². The molecule has 5 heteroatoms. The average Bonchev–Trinajstić information content (AvgIpc) is 2.73. The van der Waals surface area contributed by atoms with Crippen LogP contribution in [0.25, 0.3) is 11.0 Å². The number of fused-ring (bicyclic) bond motifs is 1. The zero-order chi connectivity index (χ0) is 12.5. The molecule has 0 unspecified atom stereocenters. The molecule has 0 atom stereocenters. The molecule has 1 aromatic heterocycles. The third-order valence-corrected chi connectivity index (χ3v) is 3.76. The van der Waals surface area contributed by atoms with E-state index in [0.717, 1.165) is 31.6 Å². The number of nitrogens with one attached hydrogen (secondary N) is 2. The molecule has 90 valence electrons. The first-order valence-electron chi connectivity index (χ1n) is 5.39. The number of aromatic nitrogens is 2. The van der Waals surface area contributed by atoms with E-state index in [1.165, 1.54) is 0 Å². The van der Waals surface area contributed by atoms with Crippen LogP contribution in [0.1, 0.15) is 0 Å². The van der Waals surface area contributed by atoms with Crippen molar-refractivity contribution in [3.05, 3.63) is 51.4 Å². The maximum absolute atomic E-state index is 4.48. The Morgan fingerprint density at radius 1 is 1.06 bits per heavy atom. The van der Waals surface area contributed by atoms with E-state index in [9.17, 15) is 0 Å². The number of halogens is 2. The molecular formula is C13H9Br2N3. The number of imidazole rings is 1. The molecule has 0 aliphatic rings. The number of H-pyrrole nitrogens is 1. The summed E-state index contributed by atoms with van der Waals surface area (Å²) in [4.78, 5) is 7.72. The number of nitrogens with zero attached hydrogens (tertiary/aromatic N) is 1. The average molecular weight is 367 g/mol. The molecule has 3 aromatic rings. The summed E-state index contributed by atoms with van der Waals surface area (Å²) in [5.41, 5.74) is 2.92. The zero-order valence-corrected chi connectivity index (χ0v) is 12.4. The van der Waals surface area contributed by atoms with Gasteiger partial charge in [0.1, 0.15) is 0 Å². The molecule has 0 saturated carbocycles. The maximum Gasteiger partial charge on any atom is 0.205 e. The highest BCUT2D eigenvalue weighted by Gasteiger charge is 2.04. The molecule has 3 nitrogen and oxygen atoms in total. The lowest BCUT2D eigenvalue weighted by Crippen LogP contribution is -1.92. The minimum absolute atomic E-state index is 0.731. The van der Waals surface area contributed by atoms with Crippen molar-refractivity contribution in [1.29, 1.82) is 0 Å². The summed E-state index contributed by atoms with van der Waals surface area (Å²) in [6, 6.07) is 13.9. The molecule has 3 rings (SSSR count). The van der Waals surface area contributed by atoms with Crippen LogP contribution in [0.5, 0.6) is 0 Å². The Kier molecular flexibility index (Phi) is 3.09. The highest BCUT2D eigenvalue weighted by atomic mass is 79.9. The summed E-state index contributed by atoms with van der Waals surface area (Å²) < 4.78 is 2.04. The molecule has 0 amide bonds. The Morgan fingerprint density at radius 2 is 1.89 bits per heavy atom. The Balaban J connectivity index is 1.98. The van der Waals surface area contributed by atoms with E-state index < -0.39 is 0 Å². The van der Waals surface area contributed by atoms with Gasteiger partial charge in [-0.1, -0.05) is 28.1 Å². The zero-order valence-electron chi connectivity index (χ0n) is 9.24. The van der Waals surface area contributed by atoms with Gasteiger partial charge in [0.05, 0.1) is 16.7 Å². The Labute approximate surface area is 121 Å². The number of para-hydroxylation sites is 1. The van der Waals surface area contributed by atoms with Crippen LogP contribution in [-0.4, -0.2) is 9.97 Å². The van der Waals surface area contributed by atoms with Gasteiger partial charge in [-0.3, -0.25) is 0 Å². The molecule has 0 aliphatic heterocycles. The van der Waals surface area contributed by atoms with Crippen LogP contribution >= 0.6 is 31.9 Å². The van der Waals surface area contributed by atoms with Crippen molar-refractivity contribution in [3.63, 3.8) is 0 Å². The lowest BCUT2D eigenvalue weighted by molar-refractivity contribution is 1.31. The van der Waals surface area contributed by atoms with Crippen LogP contribution in [0, 0.1) is 0 Å². The molecule has 2 N–H and O–H groups in total. The van der Waals surface area contributed by atoms with Crippen LogP contribution < -0.4 is 5.32 Å². The number of anilines is 2. The van der Waals surface area contributed by atoms with Crippen molar-refractivity contribution in [2.75, 3.05) is 5.32 Å². The summed E-state index contributed by atoms with van der Waals surface area (Å²) in [6.45, 7) is 0. The summed E-state index contributed by atoms with van der Waals surface area (Å²) in [6.07, 6.45) is 0. The van der Waals surface area contributed by atoms with Crippen molar-refractivity contribution < 1.29 is 0 Å². The number of aromatic amines is 1. The van der Waals surface area contributed by atoms with Crippen molar-refractivity contribution in [3.8, 4) is 0 Å². The molecule has 1 heterocycles. The van der Waals surface area contributed by atoms with Crippen molar-refractivity contribution in [2.45, 2.75) is 0 Å². The summed E-state index contributed by atoms with van der Waals surface area (Å²) in [5.74, 6) is 0.731. The van der Waals surface area contributed by atoms with Gasteiger partial charge in [-0.15, -0.1) is 0 Å². The van der Waals surface area contributed by atoms with Gasteiger partial charge in [-0.25, -0.2) is 4.98 Å². The van der Waals surface area contributed by atoms with E-state index in [2.05, 4.69) is 47.1 Å². The largest absolute Gasteiger partial charge is 0.325 e. The minimum atomic E-state index is 0.731. The highest BCUT2D eigenvalue weighted by Crippen LogP contribution is 2.26. The highest BCUT2D eigenvalue weighted by molar-refractivity contribution is 9.10. The molecule has 0 saturated heterocycles. The quantitative estimate of drug-likeness (QED) is 0.681. The monoisotopic (exact) mass is 365 g/mol. The number of rotatable bonds is 2. The predicted octanol–water partition coefficient (Wildman–Crippen LogP) is 4.83. The van der Waals surface area contributed by atoms with Crippen LogP contribution in [0.15, 0.2) is 51.4 Å². The van der Waals surface area contributed by atoms with E-state index in [0.29, 0.717) is 0 Å². The van der Waals surface area contributed by atoms with Gasteiger partial charge in [-0.2, -0.15) is 0 Å². The Hall–Kier alpha value is -1.33.